The van der Waals surface area contributed by atoms with E-state index in [1.165, 1.54) is 5.56 Å². The summed E-state index contributed by atoms with van der Waals surface area (Å²) < 4.78 is 1.66. The van der Waals surface area contributed by atoms with Crippen molar-refractivity contribution in [2.75, 3.05) is 11.4 Å². The second-order valence-electron chi connectivity index (χ2n) is 6.13. The number of fused-ring (bicyclic) bond motifs is 1. The van der Waals surface area contributed by atoms with E-state index in [4.69, 9.17) is 0 Å². The number of benzene rings is 1. The van der Waals surface area contributed by atoms with Gasteiger partial charge in [-0.05, 0) is 16.0 Å². The number of tetrazole rings is 1. The number of rotatable bonds is 2. The topological polar surface area (TPSA) is 59.2 Å². The van der Waals surface area contributed by atoms with E-state index in [-0.39, 0.29) is 11.5 Å². The molecule has 1 atom stereocenters. The van der Waals surface area contributed by atoms with Crippen LogP contribution in [0.1, 0.15) is 25.5 Å². The van der Waals surface area contributed by atoms with Crippen molar-refractivity contribution in [3.8, 4) is 0 Å². The van der Waals surface area contributed by atoms with Crippen molar-refractivity contribution in [3.05, 3.63) is 48.3 Å². The van der Waals surface area contributed by atoms with Gasteiger partial charge in [0.1, 0.15) is 0 Å². The molecule has 106 valence electrons. The van der Waals surface area contributed by atoms with E-state index in [9.17, 15) is 0 Å². The molecule has 0 radical (unpaired) electrons. The van der Waals surface area contributed by atoms with E-state index in [1.54, 1.807) is 16.9 Å². The van der Waals surface area contributed by atoms with Crippen LogP contribution in [-0.2, 0) is 0 Å². The highest BCUT2D eigenvalue weighted by Crippen LogP contribution is 2.50. The molecule has 3 heterocycles. The second-order valence-corrected chi connectivity index (χ2v) is 6.13. The number of hydrogen-bond donors (Lipinski definition) is 0. The van der Waals surface area contributed by atoms with E-state index in [2.05, 4.69) is 63.5 Å². The zero-order valence-corrected chi connectivity index (χ0v) is 12.0. The SMILES string of the molecule is CC1(C)CN(c2nccn3nnnc23)C1c1ccccc1. The van der Waals surface area contributed by atoms with Crippen LogP contribution in [0.3, 0.4) is 0 Å². The first-order chi connectivity index (χ1) is 10.2. The molecule has 21 heavy (non-hydrogen) atoms. The van der Waals surface area contributed by atoms with Crippen LogP contribution in [0.2, 0.25) is 0 Å². The molecule has 3 aromatic rings. The summed E-state index contributed by atoms with van der Waals surface area (Å²) in [6, 6.07) is 10.8. The Morgan fingerprint density at radius 1 is 1.19 bits per heavy atom. The summed E-state index contributed by atoms with van der Waals surface area (Å²) in [6.45, 7) is 5.50. The Morgan fingerprint density at radius 3 is 2.76 bits per heavy atom. The first-order valence-electron chi connectivity index (χ1n) is 7.01. The normalized spacial score (nSPS) is 20.5. The van der Waals surface area contributed by atoms with Crippen molar-refractivity contribution < 1.29 is 0 Å². The molecule has 0 bridgehead atoms. The molecule has 1 aliphatic heterocycles. The van der Waals surface area contributed by atoms with Gasteiger partial charge in [0.15, 0.2) is 5.82 Å². The highest BCUT2D eigenvalue weighted by atomic mass is 15.5. The summed E-state index contributed by atoms with van der Waals surface area (Å²) >= 11 is 0. The summed E-state index contributed by atoms with van der Waals surface area (Å²) in [7, 11) is 0. The van der Waals surface area contributed by atoms with Gasteiger partial charge in [0.05, 0.1) is 12.2 Å². The van der Waals surface area contributed by atoms with Gasteiger partial charge in [0.25, 0.3) is 0 Å². The van der Waals surface area contributed by atoms with Crippen LogP contribution in [0.25, 0.3) is 5.65 Å². The minimum absolute atomic E-state index is 0.198. The molecule has 1 aromatic carbocycles. The van der Waals surface area contributed by atoms with Gasteiger partial charge in [-0.2, -0.15) is 4.52 Å². The maximum absolute atomic E-state index is 4.51. The summed E-state index contributed by atoms with van der Waals surface area (Å²) in [6.07, 6.45) is 3.51. The third-order valence-electron chi connectivity index (χ3n) is 4.11. The zero-order valence-electron chi connectivity index (χ0n) is 12.0. The molecule has 0 amide bonds. The van der Waals surface area contributed by atoms with Crippen molar-refractivity contribution in [2.45, 2.75) is 19.9 Å². The molecule has 0 saturated carbocycles. The minimum atomic E-state index is 0.198. The summed E-state index contributed by atoms with van der Waals surface area (Å²) in [5.74, 6) is 0.843. The summed E-state index contributed by atoms with van der Waals surface area (Å²) in [5.41, 5.74) is 2.20. The number of nitrogens with zero attached hydrogens (tertiary/aromatic N) is 6. The van der Waals surface area contributed by atoms with Crippen LogP contribution < -0.4 is 4.90 Å². The smallest absolute Gasteiger partial charge is 0.222 e. The summed E-state index contributed by atoms with van der Waals surface area (Å²) in [5, 5.41) is 11.8. The quantitative estimate of drug-likeness (QED) is 0.719. The molecule has 1 unspecified atom stereocenters. The third-order valence-corrected chi connectivity index (χ3v) is 4.11. The Labute approximate surface area is 122 Å². The van der Waals surface area contributed by atoms with Crippen molar-refractivity contribution in [1.82, 2.24) is 25.0 Å². The Kier molecular flexibility index (Phi) is 2.48. The lowest BCUT2D eigenvalue weighted by atomic mass is 9.71. The first kappa shape index (κ1) is 12.3. The highest BCUT2D eigenvalue weighted by Gasteiger charge is 2.47. The average Bonchev–Trinajstić information content (AvgIpc) is 2.94. The molecular formula is C15H16N6. The van der Waals surface area contributed by atoms with Gasteiger partial charge >= 0.3 is 0 Å². The Morgan fingerprint density at radius 2 is 2.00 bits per heavy atom. The molecule has 0 aliphatic carbocycles. The van der Waals surface area contributed by atoms with Crippen molar-refractivity contribution in [3.63, 3.8) is 0 Å². The fraction of sp³-hybridized carbons (Fsp3) is 0.333. The number of aromatic nitrogens is 5. The molecule has 6 nitrogen and oxygen atoms in total. The van der Waals surface area contributed by atoms with Crippen LogP contribution in [0, 0.1) is 5.41 Å². The standard InChI is InChI=1S/C15H16N6/c1-15(2)10-20(12(15)11-6-4-3-5-7-11)13-14-17-18-19-21(14)9-8-16-13/h3-9,12H,10H2,1-2H3. The van der Waals surface area contributed by atoms with Crippen LogP contribution in [-0.4, -0.2) is 31.6 Å². The molecule has 0 spiro atoms. The lowest BCUT2D eigenvalue weighted by Gasteiger charge is -2.55. The molecule has 1 saturated heterocycles. The molecular weight excluding hydrogens is 264 g/mol. The van der Waals surface area contributed by atoms with Crippen LogP contribution in [0.4, 0.5) is 5.82 Å². The lowest BCUT2D eigenvalue weighted by Crippen LogP contribution is -2.56. The summed E-state index contributed by atoms with van der Waals surface area (Å²) in [4.78, 5) is 6.78. The third kappa shape index (κ3) is 1.79. The highest BCUT2D eigenvalue weighted by molar-refractivity contribution is 5.66. The van der Waals surface area contributed by atoms with Gasteiger partial charge < -0.3 is 4.90 Å². The van der Waals surface area contributed by atoms with Crippen molar-refractivity contribution in [2.24, 2.45) is 5.41 Å². The molecule has 1 aliphatic rings. The Balaban J connectivity index is 1.80. The average molecular weight is 280 g/mol. The van der Waals surface area contributed by atoms with Gasteiger partial charge in [0, 0.05) is 18.2 Å². The monoisotopic (exact) mass is 280 g/mol. The van der Waals surface area contributed by atoms with Crippen LogP contribution in [0.15, 0.2) is 42.7 Å². The van der Waals surface area contributed by atoms with Gasteiger partial charge in [-0.1, -0.05) is 44.2 Å². The van der Waals surface area contributed by atoms with Gasteiger partial charge in [-0.25, -0.2) is 4.98 Å². The van der Waals surface area contributed by atoms with E-state index >= 15 is 0 Å². The predicted molar refractivity (Wildman–Crippen MR) is 78.9 cm³/mol. The molecule has 6 heteroatoms. The van der Waals surface area contributed by atoms with Crippen LogP contribution >= 0.6 is 0 Å². The maximum atomic E-state index is 4.51. The molecule has 2 aromatic heterocycles. The lowest BCUT2D eigenvalue weighted by molar-refractivity contribution is 0.179. The second kappa shape index (κ2) is 4.25. The zero-order chi connectivity index (χ0) is 14.4. The van der Waals surface area contributed by atoms with Gasteiger partial charge in [-0.3, -0.25) is 0 Å². The minimum Gasteiger partial charge on any atom is -0.345 e. The van der Waals surface area contributed by atoms with E-state index < -0.39 is 0 Å². The Hall–Kier alpha value is -2.50. The maximum Gasteiger partial charge on any atom is 0.222 e. The van der Waals surface area contributed by atoms with E-state index in [1.807, 2.05) is 6.07 Å². The van der Waals surface area contributed by atoms with Crippen molar-refractivity contribution >= 4 is 11.5 Å². The van der Waals surface area contributed by atoms with Gasteiger partial charge in [-0.15, -0.1) is 5.10 Å². The fourth-order valence-corrected chi connectivity index (χ4v) is 3.26. The fourth-order valence-electron chi connectivity index (χ4n) is 3.26. The molecule has 1 fully saturated rings. The number of hydrogen-bond acceptors (Lipinski definition) is 5. The van der Waals surface area contributed by atoms with E-state index in [0.717, 1.165) is 12.4 Å². The van der Waals surface area contributed by atoms with Crippen molar-refractivity contribution in [1.29, 1.82) is 0 Å². The Bertz CT molecular complexity index is 779. The predicted octanol–water partition coefficient (Wildman–Crippen LogP) is 2.11. The number of anilines is 1. The molecule has 4 rings (SSSR count). The van der Waals surface area contributed by atoms with Gasteiger partial charge in [0.2, 0.25) is 5.65 Å². The first-order valence-corrected chi connectivity index (χ1v) is 7.01. The molecule has 0 N–H and O–H groups in total. The largest absolute Gasteiger partial charge is 0.345 e. The van der Waals surface area contributed by atoms with Crippen LogP contribution in [0.5, 0.6) is 0 Å². The van der Waals surface area contributed by atoms with E-state index in [0.29, 0.717) is 5.65 Å².